The van der Waals surface area contributed by atoms with Crippen molar-refractivity contribution < 1.29 is 9.90 Å². The molecule has 5 rings (SSSR count). The fourth-order valence-corrected chi connectivity index (χ4v) is 5.95. The summed E-state index contributed by atoms with van der Waals surface area (Å²) in [6, 6.07) is 38.0. The largest absolute Gasteiger partial charge is 0.392 e. The first-order chi connectivity index (χ1) is 21.3. The SMILES string of the molecule is CC(C)(C)[C@H](c1nc(-c2ccccc2)cn1Cc1ccccc1)N(CCCCc1ccccc1CO)C(=O)c1ccccc1. The van der Waals surface area contributed by atoms with Crippen LogP contribution in [0.2, 0.25) is 0 Å². The van der Waals surface area contributed by atoms with E-state index in [1.54, 1.807) is 0 Å². The number of aromatic nitrogens is 2. The van der Waals surface area contributed by atoms with Gasteiger partial charge in [-0.25, -0.2) is 4.98 Å². The van der Waals surface area contributed by atoms with Crippen molar-refractivity contribution in [2.45, 2.75) is 59.2 Å². The standard InChI is InChI=1S/C39H43N3O2/c1-39(2,3)36(37-40-35(32-21-9-5-10-22-32)28-41(37)27-30-17-7-4-8-18-30)42(38(44)33-23-11-6-12-24-33)26-16-15-20-31-19-13-14-25-34(31)29-43/h4-14,17-19,21-25,28,36,43H,15-16,20,26-27,29H2,1-3H3/t36-/m0/s1. The van der Waals surface area contributed by atoms with E-state index in [1.807, 2.05) is 77.7 Å². The van der Waals surface area contributed by atoms with Gasteiger partial charge in [0.15, 0.2) is 0 Å². The van der Waals surface area contributed by atoms with E-state index in [4.69, 9.17) is 4.98 Å². The van der Waals surface area contributed by atoms with Gasteiger partial charge >= 0.3 is 0 Å². The molecule has 0 aliphatic rings. The Morgan fingerprint density at radius 3 is 2.02 bits per heavy atom. The Morgan fingerprint density at radius 2 is 1.39 bits per heavy atom. The van der Waals surface area contributed by atoms with Gasteiger partial charge in [0.1, 0.15) is 5.82 Å². The Hall–Kier alpha value is -4.48. The molecule has 1 atom stereocenters. The smallest absolute Gasteiger partial charge is 0.254 e. The lowest BCUT2D eigenvalue weighted by atomic mass is 9.84. The fourth-order valence-electron chi connectivity index (χ4n) is 5.95. The molecule has 1 heterocycles. The topological polar surface area (TPSA) is 58.4 Å². The third kappa shape index (κ3) is 7.53. The van der Waals surface area contributed by atoms with Crippen molar-refractivity contribution in [3.05, 3.63) is 150 Å². The van der Waals surface area contributed by atoms with Crippen LogP contribution in [-0.4, -0.2) is 32.0 Å². The molecule has 0 saturated heterocycles. The fraction of sp³-hybridized carbons (Fsp3) is 0.282. The zero-order chi connectivity index (χ0) is 30.9. The predicted molar refractivity (Wildman–Crippen MR) is 178 cm³/mol. The van der Waals surface area contributed by atoms with Crippen LogP contribution in [0.3, 0.4) is 0 Å². The molecule has 0 spiro atoms. The van der Waals surface area contributed by atoms with Gasteiger partial charge < -0.3 is 14.6 Å². The molecule has 0 radical (unpaired) electrons. The van der Waals surface area contributed by atoms with Crippen molar-refractivity contribution in [1.82, 2.24) is 14.5 Å². The third-order valence-corrected chi connectivity index (χ3v) is 8.11. The molecule has 4 aromatic carbocycles. The van der Waals surface area contributed by atoms with Crippen LogP contribution < -0.4 is 0 Å². The second kappa shape index (κ2) is 14.3. The van der Waals surface area contributed by atoms with E-state index in [0.29, 0.717) is 18.7 Å². The average molecular weight is 586 g/mol. The van der Waals surface area contributed by atoms with E-state index < -0.39 is 0 Å². The molecule has 0 aliphatic heterocycles. The van der Waals surface area contributed by atoms with Gasteiger partial charge in [-0.1, -0.05) is 124 Å². The molecular formula is C39H43N3O2. The number of carbonyl (C=O) groups excluding carboxylic acids is 1. The van der Waals surface area contributed by atoms with Crippen molar-refractivity contribution in [1.29, 1.82) is 0 Å². The second-order valence-electron chi connectivity index (χ2n) is 12.5. The number of aryl methyl sites for hydroxylation is 1. The van der Waals surface area contributed by atoms with E-state index >= 15 is 0 Å². The first-order valence-corrected chi connectivity index (χ1v) is 15.5. The summed E-state index contributed by atoms with van der Waals surface area (Å²) in [5, 5.41) is 9.80. The van der Waals surface area contributed by atoms with E-state index in [2.05, 4.69) is 74.0 Å². The Balaban J connectivity index is 1.53. The monoisotopic (exact) mass is 585 g/mol. The number of hydrogen-bond donors (Lipinski definition) is 1. The normalized spacial score (nSPS) is 12.2. The molecule has 1 N–H and O–H groups in total. The lowest BCUT2D eigenvalue weighted by molar-refractivity contribution is 0.0478. The summed E-state index contributed by atoms with van der Waals surface area (Å²) in [4.78, 5) is 21.7. The maximum Gasteiger partial charge on any atom is 0.254 e. The highest BCUT2D eigenvalue weighted by Crippen LogP contribution is 2.40. The van der Waals surface area contributed by atoms with Gasteiger partial charge in [0, 0.05) is 30.4 Å². The Labute approximate surface area is 261 Å². The average Bonchev–Trinajstić information content (AvgIpc) is 3.45. The van der Waals surface area contributed by atoms with Crippen LogP contribution >= 0.6 is 0 Å². The predicted octanol–water partition coefficient (Wildman–Crippen LogP) is 8.34. The second-order valence-corrected chi connectivity index (χ2v) is 12.5. The summed E-state index contributed by atoms with van der Waals surface area (Å²) in [5.74, 6) is 0.895. The lowest BCUT2D eigenvalue weighted by Gasteiger charge is -2.40. The molecule has 0 bridgehead atoms. The molecule has 0 fully saturated rings. The number of unbranched alkanes of at least 4 members (excludes halogenated alkanes) is 1. The van der Waals surface area contributed by atoms with Crippen LogP contribution in [0.25, 0.3) is 11.3 Å². The van der Waals surface area contributed by atoms with Crippen LogP contribution in [-0.2, 0) is 19.6 Å². The van der Waals surface area contributed by atoms with Gasteiger partial charge in [0.05, 0.1) is 18.3 Å². The maximum atomic E-state index is 14.4. The highest BCUT2D eigenvalue weighted by Gasteiger charge is 2.38. The van der Waals surface area contributed by atoms with Crippen LogP contribution in [0.15, 0.2) is 121 Å². The maximum absolute atomic E-state index is 14.4. The number of hydrogen-bond acceptors (Lipinski definition) is 3. The Kier molecular flexibility index (Phi) is 10.1. The molecule has 5 nitrogen and oxygen atoms in total. The number of carbonyl (C=O) groups is 1. The highest BCUT2D eigenvalue weighted by molar-refractivity contribution is 5.94. The number of benzene rings is 4. The molecule has 0 unspecified atom stereocenters. The van der Waals surface area contributed by atoms with Gasteiger partial charge in [-0.15, -0.1) is 0 Å². The van der Waals surface area contributed by atoms with E-state index in [0.717, 1.165) is 47.5 Å². The zero-order valence-electron chi connectivity index (χ0n) is 26.1. The first-order valence-electron chi connectivity index (χ1n) is 15.5. The minimum atomic E-state index is -0.304. The summed E-state index contributed by atoms with van der Waals surface area (Å²) < 4.78 is 2.23. The number of aliphatic hydroxyl groups is 1. The van der Waals surface area contributed by atoms with Crippen molar-refractivity contribution in [2.75, 3.05) is 6.54 Å². The number of rotatable bonds is 12. The van der Waals surface area contributed by atoms with Crippen molar-refractivity contribution in [3.8, 4) is 11.3 Å². The molecule has 0 saturated carbocycles. The lowest BCUT2D eigenvalue weighted by Crippen LogP contribution is -2.43. The summed E-state index contributed by atoms with van der Waals surface area (Å²) in [6.07, 6.45) is 4.72. The molecule has 0 aliphatic carbocycles. The van der Waals surface area contributed by atoms with E-state index in [9.17, 15) is 9.90 Å². The quantitative estimate of drug-likeness (QED) is 0.150. The number of amides is 1. The summed E-state index contributed by atoms with van der Waals surface area (Å²) in [7, 11) is 0. The van der Waals surface area contributed by atoms with E-state index in [1.165, 1.54) is 5.56 Å². The van der Waals surface area contributed by atoms with Crippen LogP contribution in [0.1, 0.15) is 72.5 Å². The number of imidazole rings is 1. The van der Waals surface area contributed by atoms with Crippen LogP contribution in [0.5, 0.6) is 0 Å². The third-order valence-electron chi connectivity index (χ3n) is 8.11. The Morgan fingerprint density at radius 1 is 0.795 bits per heavy atom. The zero-order valence-corrected chi connectivity index (χ0v) is 26.1. The van der Waals surface area contributed by atoms with Crippen LogP contribution in [0, 0.1) is 5.41 Å². The van der Waals surface area contributed by atoms with Gasteiger partial charge in [0.2, 0.25) is 0 Å². The van der Waals surface area contributed by atoms with Gasteiger partial charge in [-0.05, 0) is 53.5 Å². The van der Waals surface area contributed by atoms with Crippen molar-refractivity contribution in [3.63, 3.8) is 0 Å². The highest BCUT2D eigenvalue weighted by atomic mass is 16.3. The van der Waals surface area contributed by atoms with Crippen molar-refractivity contribution >= 4 is 5.91 Å². The minimum Gasteiger partial charge on any atom is -0.392 e. The van der Waals surface area contributed by atoms with Gasteiger partial charge in [-0.3, -0.25) is 4.79 Å². The first kappa shape index (κ1) is 31.0. The minimum absolute atomic E-state index is 0.0109. The number of nitrogens with zero attached hydrogens (tertiary/aromatic N) is 3. The molecule has 1 amide bonds. The van der Waals surface area contributed by atoms with Gasteiger partial charge in [0.25, 0.3) is 5.91 Å². The molecule has 226 valence electrons. The van der Waals surface area contributed by atoms with Crippen molar-refractivity contribution in [2.24, 2.45) is 5.41 Å². The van der Waals surface area contributed by atoms with Crippen LogP contribution in [0.4, 0.5) is 0 Å². The van der Waals surface area contributed by atoms with E-state index in [-0.39, 0.29) is 24.0 Å². The summed E-state index contributed by atoms with van der Waals surface area (Å²) >= 11 is 0. The molecule has 5 aromatic rings. The molecule has 5 heteroatoms. The molecular weight excluding hydrogens is 542 g/mol. The Bertz CT molecular complexity index is 1620. The molecule has 44 heavy (non-hydrogen) atoms. The molecule has 1 aromatic heterocycles. The summed E-state index contributed by atoms with van der Waals surface area (Å²) in [5.41, 5.74) is 5.64. The number of aliphatic hydroxyl groups excluding tert-OH is 1. The van der Waals surface area contributed by atoms with Gasteiger partial charge in [-0.2, -0.15) is 0 Å². The summed E-state index contributed by atoms with van der Waals surface area (Å²) in [6.45, 7) is 7.89.